The third-order valence-corrected chi connectivity index (χ3v) is 3.47. The van der Waals surface area contributed by atoms with Crippen LogP contribution in [0, 0.1) is 17.7 Å². The van der Waals surface area contributed by atoms with Crippen molar-refractivity contribution >= 4 is 11.8 Å². The van der Waals surface area contributed by atoms with Crippen molar-refractivity contribution in [1.82, 2.24) is 9.97 Å². The van der Waals surface area contributed by atoms with Crippen LogP contribution in [0.2, 0.25) is 0 Å². The highest BCUT2D eigenvalue weighted by molar-refractivity contribution is 7.98. The second-order valence-electron chi connectivity index (χ2n) is 4.11. The molecular weight excluding hydrogens is 291 g/mol. The molecule has 0 aliphatic rings. The average molecular weight is 304 g/mol. The largest absolute Gasteiger partial charge is 0.395 e. The number of rotatable bonds is 4. The summed E-state index contributed by atoms with van der Waals surface area (Å²) in [7, 11) is 0. The number of aromatic nitrogens is 2. The van der Waals surface area contributed by atoms with E-state index in [0.717, 1.165) is 0 Å². The van der Waals surface area contributed by atoms with Crippen molar-refractivity contribution in [1.29, 1.82) is 0 Å². The van der Waals surface area contributed by atoms with E-state index in [9.17, 15) is 9.18 Å². The molecule has 2 aromatic rings. The quantitative estimate of drug-likeness (QED) is 0.515. The third kappa shape index (κ3) is 4.74. The zero-order valence-electron chi connectivity index (χ0n) is 11.1. The van der Waals surface area contributed by atoms with Gasteiger partial charge >= 0.3 is 0 Å². The van der Waals surface area contributed by atoms with Gasteiger partial charge in [-0.25, -0.2) is 9.37 Å². The molecule has 0 radical (unpaired) electrons. The van der Waals surface area contributed by atoms with E-state index in [1.807, 2.05) is 0 Å². The molecule has 2 N–H and O–H groups in total. The second kappa shape index (κ2) is 7.62. The first-order valence-electron chi connectivity index (χ1n) is 6.25. The van der Waals surface area contributed by atoms with Crippen molar-refractivity contribution in [3.63, 3.8) is 0 Å². The molecule has 21 heavy (non-hydrogen) atoms. The first kappa shape index (κ1) is 15.3. The van der Waals surface area contributed by atoms with Gasteiger partial charge in [-0.2, -0.15) is 0 Å². The Morgan fingerprint density at radius 3 is 2.95 bits per heavy atom. The number of thioether (sulfide) groups is 1. The third-order valence-electron chi connectivity index (χ3n) is 2.53. The number of aliphatic hydroxyl groups is 1. The van der Waals surface area contributed by atoms with Crippen LogP contribution < -0.4 is 5.56 Å². The molecule has 0 saturated heterocycles. The maximum atomic E-state index is 13.9. The Labute approximate surface area is 125 Å². The highest BCUT2D eigenvalue weighted by atomic mass is 32.2. The van der Waals surface area contributed by atoms with E-state index >= 15 is 0 Å². The summed E-state index contributed by atoms with van der Waals surface area (Å²) < 4.78 is 13.9. The Bertz CT molecular complexity index is 734. The van der Waals surface area contributed by atoms with Gasteiger partial charge in [-0.3, -0.25) is 4.79 Å². The molecule has 0 bridgehead atoms. The number of halogens is 1. The van der Waals surface area contributed by atoms with Gasteiger partial charge in [0.25, 0.3) is 5.56 Å². The lowest BCUT2D eigenvalue weighted by molar-refractivity contribution is 0.305. The fourth-order valence-corrected chi connectivity index (χ4v) is 2.37. The Kier molecular flexibility index (Phi) is 5.55. The standard InChI is InChI=1S/C15H13FN2O2S/c16-13-9-11(3-1-2-8-19)4-5-12(13)10-21-15-17-7-6-14(20)18-15/h4-7,9,19H,2,8,10H2,(H,17,18,20). The molecule has 4 nitrogen and oxygen atoms in total. The fraction of sp³-hybridized carbons (Fsp3) is 0.200. The van der Waals surface area contributed by atoms with Crippen molar-refractivity contribution in [3.05, 3.63) is 57.8 Å². The molecule has 0 unspecified atom stereocenters. The summed E-state index contributed by atoms with van der Waals surface area (Å²) in [5.41, 5.74) is 0.850. The monoisotopic (exact) mass is 304 g/mol. The zero-order valence-corrected chi connectivity index (χ0v) is 11.9. The molecule has 108 valence electrons. The molecule has 0 fully saturated rings. The number of benzene rings is 1. The van der Waals surface area contributed by atoms with Crippen LogP contribution in [0.5, 0.6) is 0 Å². The zero-order chi connectivity index (χ0) is 15.1. The van der Waals surface area contributed by atoms with Crippen LogP contribution >= 0.6 is 11.8 Å². The minimum absolute atomic E-state index is 0.00746. The lowest BCUT2D eigenvalue weighted by atomic mass is 10.1. The van der Waals surface area contributed by atoms with E-state index in [2.05, 4.69) is 21.8 Å². The van der Waals surface area contributed by atoms with E-state index in [-0.39, 0.29) is 18.0 Å². The number of aliphatic hydroxyl groups excluding tert-OH is 1. The maximum Gasteiger partial charge on any atom is 0.251 e. The Morgan fingerprint density at radius 1 is 1.38 bits per heavy atom. The first-order valence-corrected chi connectivity index (χ1v) is 7.24. The number of H-pyrrole nitrogens is 1. The molecule has 0 atom stereocenters. The van der Waals surface area contributed by atoms with Crippen LogP contribution in [-0.4, -0.2) is 21.7 Å². The van der Waals surface area contributed by atoms with Crippen LogP contribution in [0.1, 0.15) is 17.5 Å². The molecule has 0 spiro atoms. The number of hydrogen-bond acceptors (Lipinski definition) is 4. The summed E-state index contributed by atoms with van der Waals surface area (Å²) in [6, 6.07) is 6.07. The predicted molar refractivity (Wildman–Crippen MR) is 79.4 cm³/mol. The van der Waals surface area contributed by atoms with Gasteiger partial charge in [0.15, 0.2) is 5.16 Å². The van der Waals surface area contributed by atoms with Crippen LogP contribution in [0.4, 0.5) is 4.39 Å². The Balaban J connectivity index is 2.04. The molecule has 2 rings (SSSR count). The number of nitrogens with one attached hydrogen (secondary N) is 1. The van der Waals surface area contributed by atoms with E-state index in [0.29, 0.717) is 28.5 Å². The molecule has 0 aliphatic heterocycles. The molecule has 1 heterocycles. The number of aromatic amines is 1. The van der Waals surface area contributed by atoms with Crippen molar-refractivity contribution < 1.29 is 9.50 Å². The Morgan fingerprint density at radius 2 is 2.24 bits per heavy atom. The highest BCUT2D eigenvalue weighted by Crippen LogP contribution is 2.20. The Hall–Kier alpha value is -2.10. The topological polar surface area (TPSA) is 66.0 Å². The summed E-state index contributed by atoms with van der Waals surface area (Å²) >= 11 is 1.25. The molecule has 0 saturated carbocycles. The number of nitrogens with zero attached hydrogens (tertiary/aromatic N) is 1. The van der Waals surface area contributed by atoms with E-state index in [4.69, 9.17) is 5.11 Å². The van der Waals surface area contributed by atoms with Crippen LogP contribution in [0.25, 0.3) is 0 Å². The summed E-state index contributed by atoms with van der Waals surface area (Å²) in [6.07, 6.45) is 1.78. The first-order chi connectivity index (χ1) is 10.2. The van der Waals surface area contributed by atoms with Gasteiger partial charge in [0.1, 0.15) is 5.82 Å². The lowest BCUT2D eigenvalue weighted by Crippen LogP contribution is -2.05. The summed E-state index contributed by atoms with van der Waals surface area (Å²) in [6.45, 7) is -0.00746. The van der Waals surface area contributed by atoms with E-state index in [1.54, 1.807) is 12.1 Å². The van der Waals surface area contributed by atoms with Crippen LogP contribution in [-0.2, 0) is 5.75 Å². The van der Waals surface area contributed by atoms with E-state index in [1.165, 1.54) is 30.1 Å². The average Bonchev–Trinajstić information content (AvgIpc) is 2.47. The van der Waals surface area contributed by atoms with Crippen LogP contribution in [0.15, 0.2) is 40.4 Å². The number of hydrogen-bond donors (Lipinski definition) is 2. The van der Waals surface area contributed by atoms with Crippen molar-refractivity contribution in [3.8, 4) is 11.8 Å². The van der Waals surface area contributed by atoms with Gasteiger partial charge in [-0.05, 0) is 17.7 Å². The molecule has 0 aliphatic carbocycles. The van der Waals surface area contributed by atoms with Crippen molar-refractivity contribution in [2.45, 2.75) is 17.3 Å². The van der Waals surface area contributed by atoms with Crippen molar-refractivity contribution in [2.75, 3.05) is 6.61 Å². The van der Waals surface area contributed by atoms with Gasteiger partial charge < -0.3 is 10.1 Å². The van der Waals surface area contributed by atoms with Gasteiger partial charge in [-0.15, -0.1) is 0 Å². The molecule has 1 aromatic carbocycles. The molecule has 0 amide bonds. The van der Waals surface area contributed by atoms with Gasteiger partial charge in [0.05, 0.1) is 6.61 Å². The van der Waals surface area contributed by atoms with Crippen LogP contribution in [0.3, 0.4) is 0 Å². The lowest BCUT2D eigenvalue weighted by Gasteiger charge is -2.03. The van der Waals surface area contributed by atoms with E-state index < -0.39 is 0 Å². The van der Waals surface area contributed by atoms with Gasteiger partial charge in [0, 0.05) is 30.0 Å². The maximum absolute atomic E-state index is 13.9. The van der Waals surface area contributed by atoms with Gasteiger partial charge in [-0.1, -0.05) is 29.7 Å². The molecule has 6 heteroatoms. The SMILES string of the molecule is O=c1ccnc(SCc2ccc(C#CCCO)cc2F)[nH]1. The minimum atomic E-state index is -0.350. The normalized spacial score (nSPS) is 10.0. The fourth-order valence-electron chi connectivity index (χ4n) is 1.53. The predicted octanol–water partition coefficient (Wildman–Crippen LogP) is 1.94. The minimum Gasteiger partial charge on any atom is -0.395 e. The summed E-state index contributed by atoms with van der Waals surface area (Å²) in [5.74, 6) is 5.53. The smallest absolute Gasteiger partial charge is 0.251 e. The summed E-state index contributed by atoms with van der Waals surface area (Å²) in [4.78, 5) is 17.7. The van der Waals surface area contributed by atoms with Crippen molar-refractivity contribution in [2.24, 2.45) is 0 Å². The molecule has 1 aromatic heterocycles. The highest BCUT2D eigenvalue weighted by Gasteiger charge is 2.05. The summed E-state index contributed by atoms with van der Waals surface area (Å²) in [5, 5.41) is 9.08. The molecular formula is C15H13FN2O2S. The second-order valence-corrected chi connectivity index (χ2v) is 5.07. The van der Waals surface area contributed by atoms with Gasteiger partial charge in [0.2, 0.25) is 0 Å².